The van der Waals surface area contributed by atoms with Gasteiger partial charge in [0.1, 0.15) is 0 Å². The monoisotopic (exact) mass is 235 g/mol. The van der Waals surface area contributed by atoms with Gasteiger partial charge in [-0.05, 0) is 31.4 Å². The minimum absolute atomic E-state index is 0.231. The van der Waals surface area contributed by atoms with Crippen molar-refractivity contribution in [3.63, 3.8) is 0 Å². The Kier molecular flexibility index (Phi) is 3.52. The lowest BCUT2D eigenvalue weighted by atomic mass is 10.1. The highest BCUT2D eigenvalue weighted by Gasteiger charge is 2.34. The lowest BCUT2D eigenvalue weighted by molar-refractivity contribution is 0.0651. The second kappa shape index (κ2) is 5.08. The number of nitrogens with zero attached hydrogens (tertiary/aromatic N) is 1. The Morgan fingerprint density at radius 2 is 1.53 bits per heavy atom. The van der Waals surface area contributed by atoms with Gasteiger partial charge >= 0.3 is 0 Å². The lowest BCUT2D eigenvalue weighted by Crippen LogP contribution is -2.30. The van der Waals surface area contributed by atoms with Crippen LogP contribution in [0.2, 0.25) is 0 Å². The average Bonchev–Trinajstić information content (AvgIpc) is 2.60. The Morgan fingerprint density at radius 1 is 0.941 bits per heavy atom. The van der Waals surface area contributed by atoms with Crippen LogP contribution >= 0.6 is 0 Å². The SMILES string of the molecule is O=C1c2ccccc2C(=O)N1CCCCCF. The fourth-order valence-corrected chi connectivity index (χ4v) is 1.98. The van der Waals surface area contributed by atoms with Gasteiger partial charge in [0.05, 0.1) is 17.8 Å². The molecule has 17 heavy (non-hydrogen) atoms. The first-order valence-corrected chi connectivity index (χ1v) is 5.77. The fraction of sp³-hybridized carbons (Fsp3) is 0.385. The van der Waals surface area contributed by atoms with Crippen LogP contribution in [0.5, 0.6) is 0 Å². The number of fused-ring (bicyclic) bond motifs is 1. The zero-order chi connectivity index (χ0) is 12.3. The second-order valence-electron chi connectivity index (χ2n) is 4.06. The van der Waals surface area contributed by atoms with Crippen molar-refractivity contribution < 1.29 is 14.0 Å². The van der Waals surface area contributed by atoms with Crippen molar-refractivity contribution in [3.8, 4) is 0 Å². The van der Waals surface area contributed by atoms with Crippen molar-refractivity contribution in [2.24, 2.45) is 0 Å². The predicted octanol–water partition coefficient (Wildman–Crippen LogP) is 2.42. The number of alkyl halides is 1. The first kappa shape index (κ1) is 11.8. The van der Waals surface area contributed by atoms with E-state index in [2.05, 4.69) is 0 Å². The summed E-state index contributed by atoms with van der Waals surface area (Å²) in [6, 6.07) is 6.82. The van der Waals surface area contributed by atoms with E-state index in [9.17, 15) is 14.0 Å². The number of halogens is 1. The highest BCUT2D eigenvalue weighted by Crippen LogP contribution is 2.22. The van der Waals surface area contributed by atoms with Crippen LogP contribution < -0.4 is 0 Å². The third kappa shape index (κ3) is 2.20. The summed E-state index contributed by atoms with van der Waals surface area (Å²) in [6.45, 7) is 0.0362. The normalized spacial score (nSPS) is 14.3. The molecule has 1 aromatic carbocycles. The molecule has 1 aliphatic rings. The Hall–Kier alpha value is -1.71. The van der Waals surface area contributed by atoms with Crippen molar-refractivity contribution in [1.82, 2.24) is 4.90 Å². The number of hydrogen-bond donors (Lipinski definition) is 0. The summed E-state index contributed by atoms with van der Waals surface area (Å²) in [7, 11) is 0. The summed E-state index contributed by atoms with van der Waals surface area (Å²) in [5, 5.41) is 0. The quantitative estimate of drug-likeness (QED) is 0.580. The maximum absolute atomic E-state index is 11.9. The standard InChI is InChI=1S/C13H14FNO2/c14-8-4-1-5-9-15-12(16)10-6-2-3-7-11(10)13(15)17/h2-3,6-7H,1,4-5,8-9H2. The van der Waals surface area contributed by atoms with Crippen LogP contribution in [0.25, 0.3) is 0 Å². The van der Waals surface area contributed by atoms with Crippen LogP contribution in [0.4, 0.5) is 4.39 Å². The summed E-state index contributed by atoms with van der Waals surface area (Å²) < 4.78 is 11.9. The van der Waals surface area contributed by atoms with Crippen molar-refractivity contribution in [2.45, 2.75) is 19.3 Å². The largest absolute Gasteiger partial charge is 0.274 e. The van der Waals surface area contributed by atoms with Crippen LogP contribution in [-0.4, -0.2) is 29.9 Å². The Bertz CT molecular complexity index is 410. The molecule has 0 atom stereocenters. The number of hydrogen-bond acceptors (Lipinski definition) is 2. The molecule has 1 aromatic rings. The molecular weight excluding hydrogens is 221 g/mol. The molecule has 2 rings (SSSR count). The number of benzene rings is 1. The van der Waals surface area contributed by atoms with Crippen molar-refractivity contribution in [3.05, 3.63) is 35.4 Å². The van der Waals surface area contributed by atoms with Gasteiger partial charge in [0.25, 0.3) is 11.8 Å². The maximum atomic E-state index is 11.9. The average molecular weight is 235 g/mol. The number of amides is 2. The zero-order valence-electron chi connectivity index (χ0n) is 9.49. The van der Waals surface area contributed by atoms with E-state index in [1.165, 1.54) is 4.90 Å². The summed E-state index contributed by atoms with van der Waals surface area (Å²) in [5.41, 5.74) is 0.950. The molecule has 2 amide bonds. The zero-order valence-corrected chi connectivity index (χ0v) is 9.49. The van der Waals surface area contributed by atoms with Crippen LogP contribution in [0.1, 0.15) is 40.0 Å². The van der Waals surface area contributed by atoms with Crippen LogP contribution in [0.15, 0.2) is 24.3 Å². The number of imide groups is 1. The molecule has 0 saturated carbocycles. The van der Waals surface area contributed by atoms with Gasteiger partial charge in [-0.25, -0.2) is 0 Å². The first-order valence-electron chi connectivity index (χ1n) is 5.77. The molecule has 0 saturated heterocycles. The molecule has 3 nitrogen and oxygen atoms in total. The number of rotatable bonds is 5. The minimum atomic E-state index is -0.345. The summed E-state index contributed by atoms with van der Waals surface area (Å²) in [6.07, 6.45) is 1.85. The molecular formula is C13H14FNO2. The Labute approximate surface area is 99.2 Å². The van der Waals surface area contributed by atoms with E-state index in [4.69, 9.17) is 0 Å². The second-order valence-corrected chi connectivity index (χ2v) is 4.06. The number of unbranched alkanes of at least 4 members (excludes halogenated alkanes) is 2. The van der Waals surface area contributed by atoms with E-state index < -0.39 is 0 Å². The topological polar surface area (TPSA) is 37.4 Å². The van der Waals surface area contributed by atoms with E-state index in [-0.39, 0.29) is 18.5 Å². The molecule has 1 aliphatic heterocycles. The molecule has 0 bridgehead atoms. The molecule has 0 aliphatic carbocycles. The van der Waals surface area contributed by atoms with Crippen LogP contribution in [0.3, 0.4) is 0 Å². The third-order valence-corrected chi connectivity index (χ3v) is 2.89. The molecule has 0 N–H and O–H groups in total. The molecule has 0 fully saturated rings. The van der Waals surface area contributed by atoms with Crippen molar-refractivity contribution in [1.29, 1.82) is 0 Å². The van der Waals surface area contributed by atoms with Gasteiger partial charge in [-0.1, -0.05) is 12.1 Å². The predicted molar refractivity (Wildman–Crippen MR) is 61.6 cm³/mol. The maximum Gasteiger partial charge on any atom is 0.261 e. The van der Waals surface area contributed by atoms with Gasteiger partial charge in [0, 0.05) is 6.54 Å². The van der Waals surface area contributed by atoms with E-state index in [1.54, 1.807) is 24.3 Å². The van der Waals surface area contributed by atoms with Gasteiger partial charge in [0.15, 0.2) is 0 Å². The lowest BCUT2D eigenvalue weighted by Gasteiger charge is -2.12. The summed E-state index contributed by atoms with van der Waals surface area (Å²) in [4.78, 5) is 25.1. The molecule has 90 valence electrons. The molecule has 1 heterocycles. The Balaban J connectivity index is 2.03. The number of carbonyl (C=O) groups is 2. The first-order chi connectivity index (χ1) is 8.25. The van der Waals surface area contributed by atoms with Crippen LogP contribution in [-0.2, 0) is 0 Å². The van der Waals surface area contributed by atoms with Crippen molar-refractivity contribution in [2.75, 3.05) is 13.2 Å². The summed E-state index contributed by atoms with van der Waals surface area (Å²) in [5.74, 6) is -0.461. The van der Waals surface area contributed by atoms with Crippen molar-refractivity contribution >= 4 is 11.8 Å². The van der Waals surface area contributed by atoms with Crippen LogP contribution in [0, 0.1) is 0 Å². The van der Waals surface area contributed by atoms with Gasteiger partial charge in [-0.2, -0.15) is 0 Å². The minimum Gasteiger partial charge on any atom is -0.274 e. The highest BCUT2D eigenvalue weighted by molar-refractivity contribution is 6.21. The van der Waals surface area contributed by atoms with E-state index in [1.807, 2.05) is 0 Å². The number of carbonyl (C=O) groups excluding carboxylic acids is 2. The molecule has 4 heteroatoms. The Morgan fingerprint density at radius 3 is 2.06 bits per heavy atom. The van der Waals surface area contributed by atoms with E-state index >= 15 is 0 Å². The molecule has 0 aromatic heterocycles. The van der Waals surface area contributed by atoms with E-state index in [0.717, 1.165) is 0 Å². The fourth-order valence-electron chi connectivity index (χ4n) is 1.98. The van der Waals surface area contributed by atoms with Gasteiger partial charge in [0.2, 0.25) is 0 Å². The third-order valence-electron chi connectivity index (χ3n) is 2.89. The van der Waals surface area contributed by atoms with Gasteiger partial charge in [-0.15, -0.1) is 0 Å². The van der Waals surface area contributed by atoms with E-state index in [0.29, 0.717) is 36.9 Å². The van der Waals surface area contributed by atoms with Gasteiger partial charge in [-0.3, -0.25) is 18.9 Å². The summed E-state index contributed by atoms with van der Waals surface area (Å²) >= 11 is 0. The molecule has 0 spiro atoms. The smallest absolute Gasteiger partial charge is 0.261 e. The molecule has 0 radical (unpaired) electrons. The molecule has 0 unspecified atom stereocenters. The highest BCUT2D eigenvalue weighted by atomic mass is 19.1. The van der Waals surface area contributed by atoms with Gasteiger partial charge < -0.3 is 0 Å².